The number of rotatable bonds is 4. The van der Waals surface area contributed by atoms with Crippen LogP contribution in [0.2, 0.25) is 0 Å². The number of hydrogen-bond acceptors (Lipinski definition) is 4. The number of nitrogens with one attached hydrogen (secondary N) is 1. The number of anilines is 1. The predicted octanol–water partition coefficient (Wildman–Crippen LogP) is 2.37. The summed E-state index contributed by atoms with van der Waals surface area (Å²) in [6.45, 7) is 0.688. The Morgan fingerprint density at radius 3 is 3.00 bits per heavy atom. The lowest BCUT2D eigenvalue weighted by molar-refractivity contribution is 0.414. The van der Waals surface area contributed by atoms with Crippen molar-refractivity contribution >= 4 is 16.7 Å². The van der Waals surface area contributed by atoms with E-state index in [4.69, 9.17) is 10.5 Å². The molecule has 3 N–H and O–H groups in total. The van der Waals surface area contributed by atoms with Crippen LogP contribution >= 0.6 is 0 Å². The maximum atomic E-state index is 5.75. The third-order valence-electron chi connectivity index (χ3n) is 3.16. The molecule has 0 spiro atoms. The smallest absolute Gasteiger partial charge is 0.119 e. The van der Waals surface area contributed by atoms with E-state index in [0.717, 1.165) is 28.0 Å². The van der Waals surface area contributed by atoms with Crippen LogP contribution in [0.5, 0.6) is 5.75 Å². The van der Waals surface area contributed by atoms with Crippen LogP contribution in [0.3, 0.4) is 0 Å². The van der Waals surface area contributed by atoms with Gasteiger partial charge in [0.15, 0.2) is 0 Å². The second kappa shape index (κ2) is 5.13. The summed E-state index contributed by atoms with van der Waals surface area (Å²) in [5, 5.41) is 0. The minimum absolute atomic E-state index is 0.688. The van der Waals surface area contributed by atoms with Crippen molar-refractivity contribution in [2.24, 2.45) is 0 Å². The van der Waals surface area contributed by atoms with Gasteiger partial charge in [0.05, 0.1) is 24.7 Å². The fourth-order valence-electron chi connectivity index (χ4n) is 2.11. The molecule has 0 amide bonds. The average Bonchev–Trinajstić information content (AvgIpc) is 2.87. The normalized spacial score (nSPS) is 10.7. The third-order valence-corrected chi connectivity index (χ3v) is 3.16. The number of imidazole rings is 1. The second-order valence-corrected chi connectivity index (χ2v) is 4.55. The minimum Gasteiger partial charge on any atom is -0.497 e. The number of hydrogen-bond donors (Lipinski definition) is 2. The van der Waals surface area contributed by atoms with Crippen LogP contribution < -0.4 is 15.9 Å². The Labute approximate surface area is 117 Å². The number of nitrogens with two attached hydrogens (primary N) is 1. The molecule has 0 saturated carbocycles. The maximum absolute atomic E-state index is 5.75. The minimum atomic E-state index is 0.688. The van der Waals surface area contributed by atoms with Gasteiger partial charge in [-0.15, -0.1) is 0 Å². The van der Waals surface area contributed by atoms with Crippen LogP contribution in [0.4, 0.5) is 5.69 Å². The quantitative estimate of drug-likeness (QED) is 0.713. The van der Waals surface area contributed by atoms with Crippen LogP contribution in [-0.4, -0.2) is 16.8 Å². The fraction of sp³-hybridized carbons (Fsp3) is 0.133. The van der Waals surface area contributed by atoms with Gasteiger partial charge < -0.3 is 15.9 Å². The molecule has 0 radical (unpaired) electrons. The van der Waals surface area contributed by atoms with E-state index >= 15 is 0 Å². The lowest BCUT2D eigenvalue weighted by atomic mass is 10.2. The van der Waals surface area contributed by atoms with E-state index in [-0.39, 0.29) is 0 Å². The molecule has 2 aromatic carbocycles. The summed E-state index contributed by atoms with van der Waals surface area (Å²) < 4.78 is 7.11. The molecular formula is C15H16N4O. The van der Waals surface area contributed by atoms with Gasteiger partial charge in [-0.25, -0.2) is 9.66 Å². The van der Waals surface area contributed by atoms with Gasteiger partial charge in [0.25, 0.3) is 0 Å². The zero-order valence-electron chi connectivity index (χ0n) is 11.2. The van der Waals surface area contributed by atoms with E-state index in [1.54, 1.807) is 13.4 Å². The van der Waals surface area contributed by atoms with Gasteiger partial charge in [-0.1, -0.05) is 12.1 Å². The molecule has 0 bridgehead atoms. The van der Waals surface area contributed by atoms with Gasteiger partial charge in [0.2, 0.25) is 0 Å². The first-order valence-corrected chi connectivity index (χ1v) is 6.35. The van der Waals surface area contributed by atoms with Crippen LogP contribution in [0, 0.1) is 0 Å². The molecule has 3 rings (SSSR count). The molecule has 1 aromatic heterocycles. The number of nitrogens with zero attached hydrogens (tertiary/aromatic N) is 2. The molecule has 0 aliphatic carbocycles. The van der Waals surface area contributed by atoms with Crippen molar-refractivity contribution in [3.8, 4) is 5.75 Å². The van der Waals surface area contributed by atoms with E-state index in [0.29, 0.717) is 6.54 Å². The zero-order chi connectivity index (χ0) is 13.9. The molecule has 1 heterocycles. The van der Waals surface area contributed by atoms with Gasteiger partial charge in [0.1, 0.15) is 12.1 Å². The van der Waals surface area contributed by atoms with Crippen LogP contribution in [-0.2, 0) is 6.54 Å². The van der Waals surface area contributed by atoms with Crippen molar-refractivity contribution in [1.29, 1.82) is 0 Å². The standard InChI is InChI=1S/C15H16N4O/c1-20-13-4-2-3-11(7-13)9-18-19-10-17-14-8-12(16)5-6-15(14)19/h2-8,10,18H,9,16H2,1H3. The number of nitrogen functional groups attached to an aromatic ring is 1. The number of ether oxygens (including phenoxy) is 1. The molecule has 5 nitrogen and oxygen atoms in total. The van der Waals surface area contributed by atoms with Crippen molar-refractivity contribution in [3.63, 3.8) is 0 Å². The SMILES string of the molecule is COc1cccc(CNn2cnc3cc(N)ccc32)c1. The Balaban J connectivity index is 1.79. The molecule has 5 heteroatoms. The summed E-state index contributed by atoms with van der Waals surface area (Å²) in [7, 11) is 1.67. The highest BCUT2D eigenvalue weighted by atomic mass is 16.5. The molecular weight excluding hydrogens is 252 g/mol. The van der Waals surface area contributed by atoms with Crippen LogP contribution in [0.15, 0.2) is 48.8 Å². The van der Waals surface area contributed by atoms with Crippen molar-refractivity contribution in [3.05, 3.63) is 54.4 Å². The Morgan fingerprint density at radius 2 is 2.15 bits per heavy atom. The highest BCUT2D eigenvalue weighted by Crippen LogP contribution is 2.16. The molecule has 0 saturated heterocycles. The van der Waals surface area contributed by atoms with E-state index in [2.05, 4.69) is 10.4 Å². The Kier molecular flexibility index (Phi) is 3.16. The number of benzene rings is 2. The summed E-state index contributed by atoms with van der Waals surface area (Å²) in [4.78, 5) is 4.32. The van der Waals surface area contributed by atoms with Crippen LogP contribution in [0.25, 0.3) is 11.0 Å². The summed E-state index contributed by atoms with van der Waals surface area (Å²) in [5.74, 6) is 0.854. The largest absolute Gasteiger partial charge is 0.497 e. The first kappa shape index (κ1) is 12.3. The lowest BCUT2D eigenvalue weighted by Crippen LogP contribution is -2.12. The summed E-state index contributed by atoms with van der Waals surface area (Å²) in [6.07, 6.45) is 1.75. The predicted molar refractivity (Wildman–Crippen MR) is 80.2 cm³/mol. The Hall–Kier alpha value is -2.69. The van der Waals surface area contributed by atoms with E-state index in [1.165, 1.54) is 0 Å². The average molecular weight is 268 g/mol. The number of methoxy groups -OCH3 is 1. The molecule has 0 aliphatic heterocycles. The molecule has 3 aromatic rings. The van der Waals surface area contributed by atoms with Crippen molar-refractivity contribution in [1.82, 2.24) is 9.66 Å². The van der Waals surface area contributed by atoms with Gasteiger partial charge in [0, 0.05) is 5.69 Å². The fourth-order valence-corrected chi connectivity index (χ4v) is 2.11. The molecule has 0 aliphatic rings. The first-order valence-electron chi connectivity index (χ1n) is 6.35. The van der Waals surface area contributed by atoms with E-state index in [1.807, 2.05) is 47.1 Å². The van der Waals surface area contributed by atoms with E-state index in [9.17, 15) is 0 Å². The molecule has 102 valence electrons. The maximum Gasteiger partial charge on any atom is 0.119 e. The highest BCUT2D eigenvalue weighted by molar-refractivity contribution is 5.79. The van der Waals surface area contributed by atoms with Gasteiger partial charge in [-0.2, -0.15) is 0 Å². The van der Waals surface area contributed by atoms with Crippen molar-refractivity contribution in [2.75, 3.05) is 18.3 Å². The summed E-state index contributed by atoms with van der Waals surface area (Å²) >= 11 is 0. The Bertz CT molecular complexity index is 736. The number of fused-ring (bicyclic) bond motifs is 1. The first-order chi connectivity index (χ1) is 9.76. The topological polar surface area (TPSA) is 65.1 Å². The van der Waals surface area contributed by atoms with Crippen molar-refractivity contribution in [2.45, 2.75) is 6.54 Å². The monoisotopic (exact) mass is 268 g/mol. The number of aromatic nitrogens is 2. The Morgan fingerprint density at radius 1 is 1.25 bits per heavy atom. The molecule has 0 atom stereocenters. The third kappa shape index (κ3) is 2.38. The highest BCUT2D eigenvalue weighted by Gasteiger charge is 2.02. The zero-order valence-corrected chi connectivity index (χ0v) is 11.2. The van der Waals surface area contributed by atoms with Gasteiger partial charge in [-0.3, -0.25) is 0 Å². The lowest BCUT2D eigenvalue weighted by Gasteiger charge is -2.09. The van der Waals surface area contributed by atoms with Crippen molar-refractivity contribution < 1.29 is 4.74 Å². The summed E-state index contributed by atoms with van der Waals surface area (Å²) in [5.41, 5.74) is 12.8. The molecule has 0 unspecified atom stereocenters. The van der Waals surface area contributed by atoms with Gasteiger partial charge >= 0.3 is 0 Å². The van der Waals surface area contributed by atoms with Gasteiger partial charge in [-0.05, 0) is 35.9 Å². The summed E-state index contributed by atoms with van der Waals surface area (Å²) in [6, 6.07) is 13.6. The van der Waals surface area contributed by atoms with Crippen LogP contribution in [0.1, 0.15) is 5.56 Å². The van der Waals surface area contributed by atoms with E-state index < -0.39 is 0 Å². The second-order valence-electron chi connectivity index (χ2n) is 4.55. The molecule has 20 heavy (non-hydrogen) atoms. The molecule has 0 fully saturated rings.